The smallest absolute Gasteiger partial charge is 0.259 e. The highest BCUT2D eigenvalue weighted by Crippen LogP contribution is 2.19. The fraction of sp³-hybridized carbons (Fsp3) is 0.125. The van der Waals surface area contributed by atoms with Gasteiger partial charge in [0.25, 0.3) is 5.91 Å². The largest absolute Gasteiger partial charge is 0.376 e. The van der Waals surface area contributed by atoms with E-state index in [1.165, 1.54) is 0 Å². The van der Waals surface area contributed by atoms with Gasteiger partial charge in [-0.25, -0.2) is 5.43 Å². The van der Waals surface area contributed by atoms with Crippen LogP contribution in [0.1, 0.15) is 11.1 Å². The Hall–Kier alpha value is -1.85. The molecule has 2 aromatic carbocycles. The minimum atomic E-state index is -0.222. The average molecular weight is 381 g/mol. The molecule has 0 aliphatic carbocycles. The number of aryl methyl sites for hydroxylation is 1. The Bertz CT molecular complexity index is 704. The Kier molecular flexibility index (Phi) is 5.98. The SMILES string of the molecule is Cc1cc(Cl)ccc1NCC(=O)N/N=C\c1cccc(Br)c1. The van der Waals surface area contributed by atoms with Crippen molar-refractivity contribution in [1.29, 1.82) is 0 Å². The number of halogens is 2. The molecule has 0 spiro atoms. The minimum absolute atomic E-state index is 0.137. The maximum atomic E-state index is 11.7. The van der Waals surface area contributed by atoms with Gasteiger partial charge in [-0.15, -0.1) is 0 Å². The predicted octanol–water partition coefficient (Wildman–Crippen LogP) is 3.97. The molecule has 0 saturated heterocycles. The van der Waals surface area contributed by atoms with Gasteiger partial charge in [0.15, 0.2) is 0 Å². The molecule has 114 valence electrons. The van der Waals surface area contributed by atoms with E-state index in [1.807, 2.05) is 43.3 Å². The molecular formula is C16H15BrClN3O. The summed E-state index contributed by atoms with van der Waals surface area (Å²) in [5.41, 5.74) is 5.23. The predicted molar refractivity (Wildman–Crippen MR) is 94.6 cm³/mol. The number of carbonyl (C=O) groups is 1. The Morgan fingerprint density at radius 3 is 2.86 bits per heavy atom. The lowest BCUT2D eigenvalue weighted by atomic mass is 10.2. The normalized spacial score (nSPS) is 10.7. The van der Waals surface area contributed by atoms with Crippen LogP contribution in [0.3, 0.4) is 0 Å². The van der Waals surface area contributed by atoms with Crippen molar-refractivity contribution in [2.75, 3.05) is 11.9 Å². The van der Waals surface area contributed by atoms with Crippen LogP contribution in [-0.4, -0.2) is 18.7 Å². The topological polar surface area (TPSA) is 53.5 Å². The highest BCUT2D eigenvalue weighted by atomic mass is 79.9. The van der Waals surface area contributed by atoms with Gasteiger partial charge >= 0.3 is 0 Å². The van der Waals surface area contributed by atoms with Gasteiger partial charge in [-0.2, -0.15) is 5.10 Å². The van der Waals surface area contributed by atoms with Crippen molar-refractivity contribution >= 4 is 45.3 Å². The Balaban J connectivity index is 1.83. The van der Waals surface area contributed by atoms with Gasteiger partial charge in [0.2, 0.25) is 0 Å². The molecule has 22 heavy (non-hydrogen) atoms. The zero-order chi connectivity index (χ0) is 15.9. The summed E-state index contributed by atoms with van der Waals surface area (Å²) in [5, 5.41) is 7.64. The van der Waals surface area contributed by atoms with Crippen LogP contribution in [0.25, 0.3) is 0 Å². The molecule has 0 aromatic heterocycles. The second kappa shape index (κ2) is 7.96. The number of benzene rings is 2. The number of rotatable bonds is 5. The summed E-state index contributed by atoms with van der Waals surface area (Å²) < 4.78 is 0.961. The van der Waals surface area contributed by atoms with Gasteiger partial charge < -0.3 is 5.32 Å². The lowest BCUT2D eigenvalue weighted by molar-refractivity contribution is -0.119. The second-order valence-corrected chi connectivity index (χ2v) is 6.01. The van der Waals surface area contributed by atoms with Crippen LogP contribution >= 0.6 is 27.5 Å². The molecule has 6 heteroatoms. The molecule has 0 aliphatic heterocycles. The maximum absolute atomic E-state index is 11.7. The number of hydrogen-bond donors (Lipinski definition) is 2. The molecule has 2 N–H and O–H groups in total. The maximum Gasteiger partial charge on any atom is 0.259 e. The van der Waals surface area contributed by atoms with Gasteiger partial charge in [-0.3, -0.25) is 4.79 Å². The fourth-order valence-corrected chi connectivity index (χ4v) is 2.45. The van der Waals surface area contributed by atoms with E-state index in [0.717, 1.165) is 21.3 Å². The second-order valence-electron chi connectivity index (χ2n) is 4.66. The number of hydrogen-bond acceptors (Lipinski definition) is 3. The first kappa shape index (κ1) is 16.5. The molecule has 0 radical (unpaired) electrons. The minimum Gasteiger partial charge on any atom is -0.376 e. The molecule has 0 saturated carbocycles. The van der Waals surface area contributed by atoms with E-state index in [1.54, 1.807) is 12.3 Å². The Labute approximate surface area is 142 Å². The summed E-state index contributed by atoms with van der Waals surface area (Å²) in [6.07, 6.45) is 1.59. The van der Waals surface area contributed by atoms with Crippen molar-refractivity contribution in [2.45, 2.75) is 6.92 Å². The number of amides is 1. The van der Waals surface area contributed by atoms with Gasteiger partial charge in [-0.05, 0) is 48.4 Å². The fourth-order valence-electron chi connectivity index (χ4n) is 1.81. The summed E-state index contributed by atoms with van der Waals surface area (Å²) >= 11 is 9.27. The van der Waals surface area contributed by atoms with Crippen LogP contribution in [-0.2, 0) is 4.79 Å². The van der Waals surface area contributed by atoms with E-state index in [4.69, 9.17) is 11.6 Å². The van der Waals surface area contributed by atoms with Crippen molar-refractivity contribution < 1.29 is 4.79 Å². The molecule has 4 nitrogen and oxygen atoms in total. The monoisotopic (exact) mass is 379 g/mol. The highest BCUT2D eigenvalue weighted by Gasteiger charge is 2.02. The van der Waals surface area contributed by atoms with Crippen LogP contribution in [0.2, 0.25) is 5.02 Å². The van der Waals surface area contributed by atoms with Crippen molar-refractivity contribution in [3.63, 3.8) is 0 Å². The van der Waals surface area contributed by atoms with E-state index in [0.29, 0.717) is 5.02 Å². The summed E-state index contributed by atoms with van der Waals surface area (Å²) in [5.74, 6) is -0.222. The molecule has 0 unspecified atom stereocenters. The quantitative estimate of drug-likeness (QED) is 0.609. The van der Waals surface area contributed by atoms with Gasteiger partial charge in [0.05, 0.1) is 12.8 Å². The van der Waals surface area contributed by atoms with E-state index in [2.05, 4.69) is 31.8 Å². The third kappa shape index (κ3) is 5.16. The average Bonchev–Trinajstić information content (AvgIpc) is 2.46. The van der Waals surface area contributed by atoms with Crippen LogP contribution in [0.5, 0.6) is 0 Å². The highest BCUT2D eigenvalue weighted by molar-refractivity contribution is 9.10. The van der Waals surface area contributed by atoms with E-state index in [-0.39, 0.29) is 12.5 Å². The first-order valence-electron chi connectivity index (χ1n) is 6.62. The number of nitrogens with one attached hydrogen (secondary N) is 2. The molecule has 2 rings (SSSR count). The lowest BCUT2D eigenvalue weighted by Crippen LogP contribution is -2.26. The summed E-state index contributed by atoms with van der Waals surface area (Å²) in [7, 11) is 0. The number of anilines is 1. The van der Waals surface area contributed by atoms with E-state index < -0.39 is 0 Å². The first-order chi connectivity index (χ1) is 10.5. The van der Waals surface area contributed by atoms with Crippen LogP contribution in [0, 0.1) is 6.92 Å². The van der Waals surface area contributed by atoms with Crippen LogP contribution in [0.15, 0.2) is 52.0 Å². The molecule has 0 bridgehead atoms. The Morgan fingerprint density at radius 1 is 1.32 bits per heavy atom. The first-order valence-corrected chi connectivity index (χ1v) is 7.79. The summed E-state index contributed by atoms with van der Waals surface area (Å²) in [6.45, 7) is 2.07. The van der Waals surface area contributed by atoms with E-state index in [9.17, 15) is 4.79 Å². The van der Waals surface area contributed by atoms with Crippen LogP contribution in [0.4, 0.5) is 5.69 Å². The standard InChI is InChI=1S/C16H15BrClN3O/c1-11-7-14(18)5-6-15(11)19-10-16(22)21-20-9-12-3-2-4-13(17)8-12/h2-9,19H,10H2,1H3,(H,21,22)/b20-9-. The van der Waals surface area contributed by atoms with Crippen molar-refractivity contribution in [3.05, 3.63) is 63.1 Å². The zero-order valence-electron chi connectivity index (χ0n) is 11.9. The summed E-state index contributed by atoms with van der Waals surface area (Å²) in [6, 6.07) is 13.1. The molecule has 0 aliphatic rings. The third-order valence-electron chi connectivity index (χ3n) is 2.88. The lowest BCUT2D eigenvalue weighted by Gasteiger charge is -2.08. The zero-order valence-corrected chi connectivity index (χ0v) is 14.3. The molecule has 1 amide bonds. The van der Waals surface area contributed by atoms with Gasteiger partial charge in [0, 0.05) is 15.2 Å². The number of hydrazone groups is 1. The van der Waals surface area contributed by atoms with Gasteiger partial charge in [0.1, 0.15) is 0 Å². The van der Waals surface area contributed by atoms with Gasteiger partial charge in [-0.1, -0.05) is 39.7 Å². The molecular weight excluding hydrogens is 366 g/mol. The van der Waals surface area contributed by atoms with Crippen LogP contribution < -0.4 is 10.7 Å². The molecule has 0 atom stereocenters. The number of carbonyl (C=O) groups excluding carboxylic acids is 1. The summed E-state index contributed by atoms with van der Waals surface area (Å²) in [4.78, 5) is 11.7. The molecule has 0 heterocycles. The third-order valence-corrected chi connectivity index (χ3v) is 3.61. The van der Waals surface area contributed by atoms with Crippen molar-refractivity contribution in [1.82, 2.24) is 5.43 Å². The van der Waals surface area contributed by atoms with E-state index >= 15 is 0 Å². The Morgan fingerprint density at radius 2 is 2.14 bits per heavy atom. The molecule has 2 aromatic rings. The number of nitrogens with zero attached hydrogens (tertiary/aromatic N) is 1. The van der Waals surface area contributed by atoms with Crippen molar-refractivity contribution in [3.8, 4) is 0 Å². The molecule has 0 fully saturated rings. The van der Waals surface area contributed by atoms with Crippen molar-refractivity contribution in [2.24, 2.45) is 5.10 Å².